The third-order valence-corrected chi connectivity index (χ3v) is 4.43. The summed E-state index contributed by atoms with van der Waals surface area (Å²) in [5, 5.41) is 0.632. The Hall–Kier alpha value is -1.94. The minimum Gasteiger partial charge on any atom is -0.310 e. The van der Waals surface area contributed by atoms with Gasteiger partial charge in [-0.25, -0.2) is 4.98 Å². The monoisotopic (exact) mass is 370 g/mol. The maximum absolute atomic E-state index is 12.3. The van der Waals surface area contributed by atoms with E-state index in [1.54, 1.807) is 0 Å². The molecule has 0 saturated carbocycles. The standard InChI is InChI=1S/C19H19BrN2O/c1-10(2)15-9-18-17(19(23)22-12(4)21-18)8-16(15)13-5-11(3)6-14(20)7-13/h5-10H,1-4H3,(H,21,22,23). The van der Waals surface area contributed by atoms with E-state index in [-0.39, 0.29) is 5.56 Å². The summed E-state index contributed by atoms with van der Waals surface area (Å²) in [5.74, 6) is 0.985. The van der Waals surface area contributed by atoms with Gasteiger partial charge in [-0.1, -0.05) is 35.8 Å². The molecule has 3 rings (SSSR count). The summed E-state index contributed by atoms with van der Waals surface area (Å²) in [7, 11) is 0. The molecule has 0 amide bonds. The highest BCUT2D eigenvalue weighted by molar-refractivity contribution is 9.10. The third-order valence-electron chi connectivity index (χ3n) is 3.97. The number of hydrogen-bond donors (Lipinski definition) is 1. The smallest absolute Gasteiger partial charge is 0.258 e. The van der Waals surface area contributed by atoms with Crippen molar-refractivity contribution in [3.63, 3.8) is 0 Å². The Balaban J connectivity index is 2.38. The largest absolute Gasteiger partial charge is 0.310 e. The van der Waals surface area contributed by atoms with Crippen LogP contribution in [-0.4, -0.2) is 9.97 Å². The first-order valence-corrected chi connectivity index (χ1v) is 8.46. The fourth-order valence-corrected chi connectivity index (χ4v) is 3.55. The second-order valence-electron chi connectivity index (χ2n) is 6.28. The van der Waals surface area contributed by atoms with Crippen LogP contribution in [0.25, 0.3) is 22.0 Å². The molecule has 0 saturated heterocycles. The van der Waals surface area contributed by atoms with Gasteiger partial charge in [-0.3, -0.25) is 4.79 Å². The van der Waals surface area contributed by atoms with Gasteiger partial charge in [-0.15, -0.1) is 0 Å². The van der Waals surface area contributed by atoms with Crippen LogP contribution >= 0.6 is 15.9 Å². The third kappa shape index (κ3) is 3.08. The number of nitrogens with zero attached hydrogens (tertiary/aromatic N) is 1. The molecule has 0 atom stereocenters. The van der Waals surface area contributed by atoms with E-state index in [9.17, 15) is 4.79 Å². The first kappa shape index (κ1) is 15.9. The molecule has 0 radical (unpaired) electrons. The molecular formula is C19H19BrN2O. The van der Waals surface area contributed by atoms with Crippen LogP contribution in [0.5, 0.6) is 0 Å². The second kappa shape index (κ2) is 5.93. The van der Waals surface area contributed by atoms with Crippen molar-refractivity contribution in [2.45, 2.75) is 33.6 Å². The lowest BCUT2D eigenvalue weighted by atomic mass is 9.90. The molecule has 0 aliphatic carbocycles. The first-order chi connectivity index (χ1) is 10.8. The molecule has 0 fully saturated rings. The molecule has 4 heteroatoms. The predicted octanol–water partition coefficient (Wildman–Crippen LogP) is 5.09. The number of benzene rings is 2. The van der Waals surface area contributed by atoms with Crippen molar-refractivity contribution in [3.8, 4) is 11.1 Å². The summed E-state index contributed by atoms with van der Waals surface area (Å²) in [6, 6.07) is 10.3. The van der Waals surface area contributed by atoms with Crippen molar-refractivity contribution >= 4 is 26.8 Å². The van der Waals surface area contributed by atoms with E-state index in [1.165, 1.54) is 11.1 Å². The molecule has 3 aromatic rings. The van der Waals surface area contributed by atoms with Crippen molar-refractivity contribution in [1.82, 2.24) is 9.97 Å². The number of H-pyrrole nitrogens is 1. The van der Waals surface area contributed by atoms with E-state index >= 15 is 0 Å². The summed E-state index contributed by atoms with van der Waals surface area (Å²) in [5.41, 5.74) is 5.25. The molecule has 2 aromatic carbocycles. The van der Waals surface area contributed by atoms with E-state index in [4.69, 9.17) is 0 Å². The van der Waals surface area contributed by atoms with E-state index in [0.29, 0.717) is 17.1 Å². The Bertz CT molecular complexity index is 937. The van der Waals surface area contributed by atoms with Gasteiger partial charge in [0.2, 0.25) is 0 Å². The van der Waals surface area contributed by atoms with Crippen LogP contribution in [0.2, 0.25) is 0 Å². The number of fused-ring (bicyclic) bond motifs is 1. The summed E-state index contributed by atoms with van der Waals surface area (Å²) < 4.78 is 1.04. The van der Waals surface area contributed by atoms with Gasteiger partial charge >= 0.3 is 0 Å². The quantitative estimate of drug-likeness (QED) is 0.682. The maximum Gasteiger partial charge on any atom is 0.258 e. The average molecular weight is 371 g/mol. The number of aryl methyl sites for hydroxylation is 2. The Morgan fingerprint density at radius 1 is 1.09 bits per heavy atom. The molecule has 0 spiro atoms. The minimum atomic E-state index is -0.0872. The van der Waals surface area contributed by atoms with Crippen LogP contribution in [0.15, 0.2) is 39.6 Å². The van der Waals surface area contributed by atoms with Crippen LogP contribution in [-0.2, 0) is 0 Å². The molecule has 3 nitrogen and oxygen atoms in total. The summed E-state index contributed by atoms with van der Waals surface area (Å²) >= 11 is 3.57. The van der Waals surface area contributed by atoms with Gasteiger partial charge in [0, 0.05) is 4.47 Å². The molecule has 1 aromatic heterocycles. The van der Waals surface area contributed by atoms with Crippen molar-refractivity contribution in [3.05, 3.63) is 62.1 Å². The molecule has 1 N–H and O–H groups in total. The van der Waals surface area contributed by atoms with E-state index in [0.717, 1.165) is 21.1 Å². The number of nitrogens with one attached hydrogen (secondary N) is 1. The summed E-state index contributed by atoms with van der Waals surface area (Å²) in [4.78, 5) is 19.6. The Labute approximate surface area is 143 Å². The van der Waals surface area contributed by atoms with Crippen LogP contribution in [0.1, 0.15) is 36.7 Å². The Morgan fingerprint density at radius 3 is 2.48 bits per heavy atom. The average Bonchev–Trinajstić information content (AvgIpc) is 2.44. The topological polar surface area (TPSA) is 45.8 Å². The molecule has 0 aliphatic rings. The lowest BCUT2D eigenvalue weighted by molar-refractivity contribution is 0.869. The molecule has 0 aliphatic heterocycles. The van der Waals surface area contributed by atoms with Crippen molar-refractivity contribution in [2.75, 3.05) is 0 Å². The maximum atomic E-state index is 12.3. The summed E-state index contributed by atoms with van der Waals surface area (Å²) in [6.45, 7) is 8.20. The lowest BCUT2D eigenvalue weighted by Gasteiger charge is -2.15. The van der Waals surface area contributed by atoms with Crippen molar-refractivity contribution in [2.24, 2.45) is 0 Å². The Morgan fingerprint density at radius 2 is 1.83 bits per heavy atom. The van der Waals surface area contributed by atoms with Crippen LogP contribution in [0.3, 0.4) is 0 Å². The fourth-order valence-electron chi connectivity index (χ4n) is 2.94. The van der Waals surface area contributed by atoms with Crippen LogP contribution < -0.4 is 5.56 Å². The predicted molar refractivity (Wildman–Crippen MR) is 99.1 cm³/mol. The molecule has 23 heavy (non-hydrogen) atoms. The molecule has 0 unspecified atom stereocenters. The van der Waals surface area contributed by atoms with Crippen LogP contribution in [0.4, 0.5) is 0 Å². The van der Waals surface area contributed by atoms with E-state index in [2.05, 4.69) is 64.9 Å². The highest BCUT2D eigenvalue weighted by Crippen LogP contribution is 2.33. The molecular weight excluding hydrogens is 352 g/mol. The van der Waals surface area contributed by atoms with Gasteiger partial charge in [-0.2, -0.15) is 0 Å². The zero-order valence-electron chi connectivity index (χ0n) is 13.7. The van der Waals surface area contributed by atoms with Gasteiger partial charge < -0.3 is 4.98 Å². The van der Waals surface area contributed by atoms with Gasteiger partial charge in [-0.05, 0) is 66.3 Å². The van der Waals surface area contributed by atoms with E-state index in [1.807, 2.05) is 19.1 Å². The molecule has 118 valence electrons. The highest BCUT2D eigenvalue weighted by Gasteiger charge is 2.14. The van der Waals surface area contributed by atoms with E-state index < -0.39 is 0 Å². The zero-order chi connectivity index (χ0) is 16.7. The highest BCUT2D eigenvalue weighted by atomic mass is 79.9. The number of rotatable bonds is 2. The zero-order valence-corrected chi connectivity index (χ0v) is 15.3. The lowest BCUT2D eigenvalue weighted by Crippen LogP contribution is -2.10. The van der Waals surface area contributed by atoms with Gasteiger partial charge in [0.25, 0.3) is 5.56 Å². The van der Waals surface area contributed by atoms with Gasteiger partial charge in [0.1, 0.15) is 5.82 Å². The number of aromatic amines is 1. The number of halogens is 1. The number of aromatic nitrogens is 2. The number of hydrogen-bond acceptors (Lipinski definition) is 2. The van der Waals surface area contributed by atoms with Gasteiger partial charge in [0.15, 0.2) is 0 Å². The molecule has 1 heterocycles. The minimum absolute atomic E-state index is 0.0872. The first-order valence-electron chi connectivity index (χ1n) is 7.67. The molecule has 0 bridgehead atoms. The fraction of sp³-hybridized carbons (Fsp3) is 0.263. The van der Waals surface area contributed by atoms with Crippen LogP contribution in [0, 0.1) is 13.8 Å². The summed E-state index contributed by atoms with van der Waals surface area (Å²) in [6.07, 6.45) is 0. The normalized spacial score (nSPS) is 11.4. The van der Waals surface area contributed by atoms with Crippen molar-refractivity contribution < 1.29 is 0 Å². The van der Waals surface area contributed by atoms with Gasteiger partial charge in [0.05, 0.1) is 10.9 Å². The van der Waals surface area contributed by atoms with Crippen molar-refractivity contribution in [1.29, 1.82) is 0 Å². The SMILES string of the molecule is Cc1cc(Br)cc(-c2cc3c(=O)[nH]c(C)nc3cc2C(C)C)c1. The second-order valence-corrected chi connectivity index (χ2v) is 7.20. The Kier molecular flexibility index (Phi) is 4.11.